The van der Waals surface area contributed by atoms with Gasteiger partial charge in [-0.15, -0.1) is 10.2 Å². The monoisotopic (exact) mass is 486 g/mol. The quantitative estimate of drug-likeness (QED) is 0.462. The maximum absolute atomic E-state index is 13.3. The second-order valence-corrected chi connectivity index (χ2v) is 8.37. The normalized spacial score (nSPS) is 15.0. The van der Waals surface area contributed by atoms with Crippen LogP contribution in [0.3, 0.4) is 0 Å². The van der Waals surface area contributed by atoms with Crippen LogP contribution >= 0.6 is 0 Å². The first-order valence-corrected chi connectivity index (χ1v) is 10.9. The van der Waals surface area contributed by atoms with Crippen molar-refractivity contribution in [2.45, 2.75) is 32.0 Å². The summed E-state index contributed by atoms with van der Waals surface area (Å²) < 4.78 is 50.2. The average Bonchev–Trinajstić information content (AvgIpc) is 3.34. The Morgan fingerprint density at radius 1 is 1.11 bits per heavy atom. The summed E-state index contributed by atoms with van der Waals surface area (Å²) in [5.41, 5.74) is 2.05. The molecule has 9 nitrogen and oxygen atoms in total. The number of pyridine rings is 1. The van der Waals surface area contributed by atoms with E-state index in [9.17, 15) is 18.0 Å². The van der Waals surface area contributed by atoms with Crippen molar-refractivity contribution in [1.29, 1.82) is 0 Å². The van der Waals surface area contributed by atoms with Crippen molar-refractivity contribution in [2.24, 2.45) is 7.05 Å². The molecule has 0 saturated carbocycles. The van der Waals surface area contributed by atoms with Gasteiger partial charge in [-0.2, -0.15) is 18.2 Å². The molecule has 0 unspecified atom stereocenters. The van der Waals surface area contributed by atoms with E-state index in [0.29, 0.717) is 41.3 Å². The number of halogens is 3. The van der Waals surface area contributed by atoms with Gasteiger partial charge in [0.15, 0.2) is 0 Å². The Balaban J connectivity index is 1.53. The standard InChI is InChI=1S/C23H21F3N6O3/c1-12-3-4-13(19-30-31-21(35-19)23(24,25)26)9-16(12)17-10-14-11-27-22(28-15-5-7-34-8-6-15)29-18(14)32(2)20(17)33/h3-4,9-11,15H,5-8H2,1-2H3,(H,27,28,29). The number of anilines is 1. The van der Waals surface area contributed by atoms with E-state index in [-0.39, 0.29) is 23.1 Å². The van der Waals surface area contributed by atoms with Gasteiger partial charge < -0.3 is 14.5 Å². The van der Waals surface area contributed by atoms with Crippen LogP contribution in [-0.2, 0) is 18.0 Å². The molecule has 1 aliphatic rings. The van der Waals surface area contributed by atoms with E-state index in [1.165, 1.54) is 4.57 Å². The second kappa shape index (κ2) is 8.77. The number of hydrogen-bond donors (Lipinski definition) is 1. The molecule has 3 aromatic heterocycles. The van der Waals surface area contributed by atoms with Crippen molar-refractivity contribution in [1.82, 2.24) is 24.7 Å². The molecule has 5 rings (SSSR count). The van der Waals surface area contributed by atoms with Gasteiger partial charge >= 0.3 is 12.1 Å². The molecular weight excluding hydrogens is 465 g/mol. The summed E-state index contributed by atoms with van der Waals surface area (Å²) in [4.78, 5) is 22.2. The van der Waals surface area contributed by atoms with Gasteiger partial charge in [0.05, 0.1) is 0 Å². The predicted molar refractivity (Wildman–Crippen MR) is 121 cm³/mol. The molecule has 4 heterocycles. The van der Waals surface area contributed by atoms with E-state index in [0.717, 1.165) is 18.4 Å². The fourth-order valence-electron chi connectivity index (χ4n) is 4.03. The number of aryl methyl sites for hydroxylation is 2. The smallest absolute Gasteiger partial charge is 0.413 e. The molecule has 1 aromatic carbocycles. The van der Waals surface area contributed by atoms with Crippen LogP contribution in [0.2, 0.25) is 0 Å². The summed E-state index contributed by atoms with van der Waals surface area (Å²) in [5, 5.41) is 10.5. The predicted octanol–water partition coefficient (Wildman–Crippen LogP) is 3.96. The lowest BCUT2D eigenvalue weighted by atomic mass is 9.98. The van der Waals surface area contributed by atoms with Gasteiger partial charge in [0.1, 0.15) is 5.65 Å². The fourth-order valence-corrected chi connectivity index (χ4v) is 4.03. The highest BCUT2D eigenvalue weighted by Gasteiger charge is 2.38. The van der Waals surface area contributed by atoms with Crippen LogP contribution in [0.25, 0.3) is 33.6 Å². The lowest BCUT2D eigenvalue weighted by molar-refractivity contribution is -0.156. The van der Waals surface area contributed by atoms with Gasteiger partial charge in [0.25, 0.3) is 5.56 Å². The van der Waals surface area contributed by atoms with Gasteiger partial charge in [-0.1, -0.05) is 6.07 Å². The molecular formula is C23H21F3N6O3. The molecule has 35 heavy (non-hydrogen) atoms. The third-order valence-electron chi connectivity index (χ3n) is 5.95. The topological polar surface area (TPSA) is 108 Å². The number of ether oxygens (including phenoxy) is 1. The molecule has 4 aromatic rings. The number of nitrogens with one attached hydrogen (secondary N) is 1. The van der Waals surface area contributed by atoms with Crippen molar-refractivity contribution in [3.8, 4) is 22.6 Å². The van der Waals surface area contributed by atoms with E-state index >= 15 is 0 Å². The Morgan fingerprint density at radius 2 is 1.89 bits per heavy atom. The molecule has 0 atom stereocenters. The van der Waals surface area contributed by atoms with Crippen molar-refractivity contribution in [2.75, 3.05) is 18.5 Å². The zero-order chi connectivity index (χ0) is 24.7. The highest BCUT2D eigenvalue weighted by Crippen LogP contribution is 2.32. The maximum atomic E-state index is 13.3. The Hall–Kier alpha value is -3.80. The zero-order valence-electron chi connectivity index (χ0n) is 18.9. The van der Waals surface area contributed by atoms with Crippen LogP contribution < -0.4 is 10.9 Å². The average molecular weight is 486 g/mol. The minimum absolute atomic E-state index is 0.199. The first-order chi connectivity index (χ1) is 16.7. The minimum Gasteiger partial charge on any atom is -0.413 e. The molecule has 0 radical (unpaired) electrons. The Morgan fingerprint density at radius 3 is 2.60 bits per heavy atom. The summed E-state index contributed by atoms with van der Waals surface area (Å²) in [5.74, 6) is -1.29. The van der Waals surface area contributed by atoms with Crippen molar-refractivity contribution < 1.29 is 22.3 Å². The number of benzene rings is 1. The third kappa shape index (κ3) is 4.48. The SMILES string of the molecule is Cc1ccc(-c2nnc(C(F)(F)F)o2)cc1-c1cc2cnc(NC3CCOCC3)nc2n(C)c1=O. The molecule has 0 bridgehead atoms. The summed E-state index contributed by atoms with van der Waals surface area (Å²) in [6.07, 6.45) is -1.41. The lowest BCUT2D eigenvalue weighted by Crippen LogP contribution is -2.29. The van der Waals surface area contributed by atoms with Crippen LogP contribution in [-0.4, -0.2) is 44.0 Å². The van der Waals surface area contributed by atoms with Gasteiger partial charge in [-0.3, -0.25) is 9.36 Å². The van der Waals surface area contributed by atoms with Gasteiger partial charge in [-0.05, 0) is 49.1 Å². The molecule has 182 valence electrons. The van der Waals surface area contributed by atoms with Gasteiger partial charge in [0.2, 0.25) is 11.8 Å². The molecule has 0 aliphatic carbocycles. The molecule has 1 fully saturated rings. The summed E-state index contributed by atoms with van der Waals surface area (Å²) >= 11 is 0. The molecule has 12 heteroatoms. The first kappa shape index (κ1) is 23.0. The highest BCUT2D eigenvalue weighted by molar-refractivity contribution is 5.83. The van der Waals surface area contributed by atoms with Crippen LogP contribution in [0, 0.1) is 6.92 Å². The lowest BCUT2D eigenvalue weighted by Gasteiger charge is -2.23. The number of nitrogens with zero attached hydrogens (tertiary/aromatic N) is 5. The molecule has 1 saturated heterocycles. The number of aromatic nitrogens is 5. The number of rotatable bonds is 4. The van der Waals surface area contributed by atoms with Crippen LogP contribution in [0.1, 0.15) is 24.3 Å². The maximum Gasteiger partial charge on any atom is 0.470 e. The fraction of sp³-hybridized carbons (Fsp3) is 0.348. The van der Waals surface area contributed by atoms with E-state index in [4.69, 9.17) is 9.15 Å². The number of alkyl halides is 3. The van der Waals surface area contributed by atoms with E-state index in [1.54, 1.807) is 44.4 Å². The molecule has 1 aliphatic heterocycles. The summed E-state index contributed by atoms with van der Waals surface area (Å²) in [6, 6.07) is 6.69. The van der Waals surface area contributed by atoms with E-state index < -0.39 is 12.1 Å². The molecule has 0 amide bonds. The Labute approximate surface area is 197 Å². The highest BCUT2D eigenvalue weighted by atomic mass is 19.4. The van der Waals surface area contributed by atoms with Gasteiger partial charge in [0, 0.05) is 49.0 Å². The first-order valence-electron chi connectivity index (χ1n) is 10.9. The van der Waals surface area contributed by atoms with Crippen LogP contribution in [0.5, 0.6) is 0 Å². The Bertz CT molecular complexity index is 1460. The molecule has 0 spiro atoms. The Kier molecular flexibility index (Phi) is 5.75. The van der Waals surface area contributed by atoms with Crippen molar-refractivity contribution in [3.05, 3.63) is 52.3 Å². The number of hydrogen-bond acceptors (Lipinski definition) is 8. The second-order valence-electron chi connectivity index (χ2n) is 8.37. The van der Waals surface area contributed by atoms with Crippen molar-refractivity contribution >= 4 is 17.0 Å². The van der Waals surface area contributed by atoms with Gasteiger partial charge in [-0.25, -0.2) is 4.98 Å². The largest absolute Gasteiger partial charge is 0.470 e. The van der Waals surface area contributed by atoms with Crippen LogP contribution in [0.4, 0.5) is 19.1 Å². The zero-order valence-corrected chi connectivity index (χ0v) is 18.9. The minimum atomic E-state index is -4.74. The summed E-state index contributed by atoms with van der Waals surface area (Å²) in [7, 11) is 1.62. The third-order valence-corrected chi connectivity index (χ3v) is 5.95. The summed E-state index contributed by atoms with van der Waals surface area (Å²) in [6.45, 7) is 3.15. The number of fused-ring (bicyclic) bond motifs is 1. The van der Waals surface area contributed by atoms with Crippen molar-refractivity contribution in [3.63, 3.8) is 0 Å². The molecule has 1 N–H and O–H groups in total. The van der Waals surface area contributed by atoms with Crippen LogP contribution in [0.15, 0.2) is 39.7 Å². The van der Waals surface area contributed by atoms with E-state index in [1.807, 2.05) is 0 Å². The van der Waals surface area contributed by atoms with E-state index in [2.05, 4.69) is 25.5 Å².